The second-order valence-corrected chi connectivity index (χ2v) is 7.82. The van der Waals surface area contributed by atoms with Crippen molar-refractivity contribution in [3.05, 3.63) is 29.8 Å². The number of benzene rings is 1. The lowest BCUT2D eigenvalue weighted by molar-refractivity contribution is -0.0498. The molecular weight excluding hydrogens is 368 g/mol. The maximum absolute atomic E-state index is 12.1. The van der Waals surface area contributed by atoms with E-state index >= 15 is 0 Å². The Kier molecular flexibility index (Phi) is 9.28. The second kappa shape index (κ2) is 10.9. The van der Waals surface area contributed by atoms with Crippen molar-refractivity contribution >= 4 is 15.8 Å². The van der Waals surface area contributed by atoms with Crippen LogP contribution in [0, 0.1) is 0 Å². The monoisotopic (exact) mass is 393 g/mol. The topological polar surface area (TPSA) is 100 Å². The van der Waals surface area contributed by atoms with Crippen LogP contribution >= 0.6 is 0 Å². The molecule has 1 aromatic rings. The van der Waals surface area contributed by atoms with E-state index in [1.807, 2.05) is 6.92 Å². The average molecular weight is 393 g/mol. The van der Waals surface area contributed by atoms with Crippen LogP contribution in [0.1, 0.15) is 25.5 Å². The fraction of sp³-hybridized carbons (Fsp3) is 0.562. The number of nitrogens with one attached hydrogen (secondary N) is 2. The third kappa shape index (κ3) is 8.43. The molecule has 26 heavy (non-hydrogen) atoms. The summed E-state index contributed by atoms with van der Waals surface area (Å²) < 4.78 is 51.5. The Morgan fingerprint density at radius 1 is 1.23 bits per heavy atom. The molecule has 1 atom stereocenters. The van der Waals surface area contributed by atoms with E-state index in [9.17, 15) is 22.3 Å². The minimum atomic E-state index is -3.08. The molecule has 10 heteroatoms. The molecule has 0 aliphatic heterocycles. The van der Waals surface area contributed by atoms with Gasteiger partial charge in [-0.05, 0) is 24.6 Å². The number of sulfone groups is 1. The Morgan fingerprint density at radius 3 is 2.42 bits per heavy atom. The minimum Gasteiger partial charge on any atom is -0.435 e. The molecule has 0 aliphatic carbocycles. The SMILES string of the molecule is CCNC(=NCC(O)c1ccc(OC(F)F)cc1)NCCS(=O)(=O)CC. The van der Waals surface area contributed by atoms with Crippen molar-refractivity contribution in [3.8, 4) is 5.75 Å². The van der Waals surface area contributed by atoms with E-state index in [-0.39, 0.29) is 30.3 Å². The van der Waals surface area contributed by atoms with Gasteiger partial charge in [-0.2, -0.15) is 8.78 Å². The average Bonchev–Trinajstić information content (AvgIpc) is 2.59. The molecule has 0 fully saturated rings. The number of hydrogen-bond donors (Lipinski definition) is 3. The summed E-state index contributed by atoms with van der Waals surface area (Å²) in [4.78, 5) is 4.20. The van der Waals surface area contributed by atoms with E-state index in [1.165, 1.54) is 24.3 Å². The first-order valence-corrected chi connectivity index (χ1v) is 10.0. The van der Waals surface area contributed by atoms with Crippen molar-refractivity contribution in [2.75, 3.05) is 31.1 Å². The van der Waals surface area contributed by atoms with Crippen molar-refractivity contribution in [2.24, 2.45) is 4.99 Å². The van der Waals surface area contributed by atoms with Crippen LogP contribution in [0.25, 0.3) is 0 Å². The first-order valence-electron chi connectivity index (χ1n) is 8.22. The molecule has 0 bridgehead atoms. The van der Waals surface area contributed by atoms with Gasteiger partial charge in [0.05, 0.1) is 18.4 Å². The van der Waals surface area contributed by atoms with Gasteiger partial charge in [0.25, 0.3) is 0 Å². The molecule has 0 radical (unpaired) electrons. The highest BCUT2D eigenvalue weighted by Crippen LogP contribution is 2.19. The molecule has 1 rings (SSSR count). The van der Waals surface area contributed by atoms with Gasteiger partial charge >= 0.3 is 6.61 Å². The quantitative estimate of drug-likeness (QED) is 0.409. The van der Waals surface area contributed by atoms with Gasteiger partial charge < -0.3 is 20.5 Å². The molecule has 1 unspecified atom stereocenters. The zero-order chi connectivity index (χ0) is 19.6. The summed E-state index contributed by atoms with van der Waals surface area (Å²) >= 11 is 0. The predicted octanol–water partition coefficient (Wildman–Crippen LogP) is 1.31. The van der Waals surface area contributed by atoms with Gasteiger partial charge in [-0.1, -0.05) is 19.1 Å². The Balaban J connectivity index is 2.61. The fourth-order valence-electron chi connectivity index (χ4n) is 1.97. The lowest BCUT2D eigenvalue weighted by atomic mass is 10.1. The molecular formula is C16H25F2N3O4S. The van der Waals surface area contributed by atoms with Gasteiger partial charge in [-0.15, -0.1) is 0 Å². The predicted molar refractivity (Wildman–Crippen MR) is 96.3 cm³/mol. The van der Waals surface area contributed by atoms with Crippen LogP contribution in [0.15, 0.2) is 29.3 Å². The van der Waals surface area contributed by atoms with Crippen LogP contribution in [-0.2, 0) is 9.84 Å². The highest BCUT2D eigenvalue weighted by Gasteiger charge is 2.10. The van der Waals surface area contributed by atoms with Gasteiger partial charge in [0, 0.05) is 18.8 Å². The summed E-state index contributed by atoms with van der Waals surface area (Å²) in [7, 11) is -3.08. The van der Waals surface area contributed by atoms with Crippen molar-refractivity contribution in [1.29, 1.82) is 0 Å². The Bertz CT molecular complexity index is 667. The van der Waals surface area contributed by atoms with Crippen LogP contribution in [-0.4, -0.2) is 57.2 Å². The zero-order valence-electron chi connectivity index (χ0n) is 14.8. The normalized spacial score (nSPS) is 13.5. The number of halogens is 2. The molecule has 0 saturated heterocycles. The minimum absolute atomic E-state index is 0.00610. The van der Waals surface area contributed by atoms with Gasteiger partial charge in [0.2, 0.25) is 0 Å². The van der Waals surface area contributed by atoms with E-state index in [4.69, 9.17) is 0 Å². The van der Waals surface area contributed by atoms with Gasteiger partial charge in [-0.3, -0.25) is 4.99 Å². The van der Waals surface area contributed by atoms with E-state index in [1.54, 1.807) is 6.92 Å². The molecule has 7 nitrogen and oxygen atoms in total. The lowest BCUT2D eigenvalue weighted by Gasteiger charge is -2.13. The molecule has 0 heterocycles. The fourth-order valence-corrected chi connectivity index (χ4v) is 2.67. The van der Waals surface area contributed by atoms with Crippen LogP contribution in [0.4, 0.5) is 8.78 Å². The first kappa shape index (κ1) is 22.1. The smallest absolute Gasteiger partial charge is 0.387 e. The number of aliphatic hydroxyl groups excluding tert-OH is 1. The number of hydrogen-bond acceptors (Lipinski definition) is 5. The Hall–Kier alpha value is -1.94. The van der Waals surface area contributed by atoms with Crippen LogP contribution in [0.2, 0.25) is 0 Å². The molecule has 0 spiro atoms. The van der Waals surface area contributed by atoms with Crippen molar-refractivity contribution in [2.45, 2.75) is 26.6 Å². The third-order valence-electron chi connectivity index (χ3n) is 3.40. The number of aliphatic hydroxyl groups is 1. The molecule has 0 amide bonds. The molecule has 0 saturated carbocycles. The van der Waals surface area contributed by atoms with Gasteiger partial charge in [-0.25, -0.2) is 8.42 Å². The number of alkyl halides is 2. The standard InChI is InChI=1S/C16H25F2N3O4S/c1-3-19-16(20-9-10-26(23,24)4-2)21-11-14(22)12-5-7-13(8-6-12)25-15(17)18/h5-8,14-15,22H,3-4,9-11H2,1-2H3,(H2,19,20,21). The van der Waals surface area contributed by atoms with Crippen molar-refractivity contribution in [1.82, 2.24) is 10.6 Å². The molecule has 0 aliphatic rings. The van der Waals surface area contributed by atoms with E-state index < -0.39 is 22.6 Å². The van der Waals surface area contributed by atoms with E-state index in [0.29, 0.717) is 18.1 Å². The Morgan fingerprint density at radius 2 is 1.88 bits per heavy atom. The molecule has 148 valence electrons. The number of rotatable bonds is 10. The molecule has 1 aromatic carbocycles. The van der Waals surface area contributed by atoms with E-state index in [2.05, 4.69) is 20.4 Å². The van der Waals surface area contributed by atoms with Gasteiger partial charge in [0.15, 0.2) is 15.8 Å². The summed E-state index contributed by atoms with van der Waals surface area (Å²) in [5.41, 5.74) is 0.500. The van der Waals surface area contributed by atoms with E-state index in [0.717, 1.165) is 0 Å². The molecule has 0 aromatic heterocycles. The van der Waals surface area contributed by atoms with Crippen molar-refractivity contribution in [3.63, 3.8) is 0 Å². The Labute approximate surface area is 152 Å². The second-order valence-electron chi connectivity index (χ2n) is 5.35. The summed E-state index contributed by atoms with van der Waals surface area (Å²) in [6.45, 7) is 1.34. The van der Waals surface area contributed by atoms with Crippen molar-refractivity contribution < 1.29 is 27.0 Å². The maximum Gasteiger partial charge on any atom is 0.387 e. The van der Waals surface area contributed by atoms with Crippen LogP contribution in [0.5, 0.6) is 5.75 Å². The summed E-state index contributed by atoms with van der Waals surface area (Å²) in [6.07, 6.45) is -0.939. The number of guanidine groups is 1. The number of aliphatic imine (C=N–C) groups is 1. The summed E-state index contributed by atoms with van der Waals surface area (Å²) in [6, 6.07) is 5.64. The summed E-state index contributed by atoms with van der Waals surface area (Å²) in [5.74, 6) is 0.455. The third-order valence-corrected chi connectivity index (χ3v) is 5.11. The number of ether oxygens (including phenoxy) is 1. The highest BCUT2D eigenvalue weighted by molar-refractivity contribution is 7.91. The largest absolute Gasteiger partial charge is 0.435 e. The zero-order valence-corrected chi connectivity index (χ0v) is 15.6. The molecule has 3 N–H and O–H groups in total. The van der Waals surface area contributed by atoms with Crippen LogP contribution < -0.4 is 15.4 Å². The lowest BCUT2D eigenvalue weighted by Crippen LogP contribution is -2.40. The highest BCUT2D eigenvalue weighted by atomic mass is 32.2. The first-order chi connectivity index (χ1) is 12.3. The summed E-state index contributed by atoms with van der Waals surface area (Å²) in [5, 5.41) is 16.0. The van der Waals surface area contributed by atoms with Gasteiger partial charge in [0.1, 0.15) is 5.75 Å². The van der Waals surface area contributed by atoms with Crippen LogP contribution in [0.3, 0.4) is 0 Å². The number of nitrogens with zero attached hydrogens (tertiary/aromatic N) is 1. The maximum atomic E-state index is 12.1.